The molecule has 3 N–H and O–H groups in total. The van der Waals surface area contributed by atoms with E-state index in [1.165, 1.54) is 24.0 Å². The van der Waals surface area contributed by atoms with E-state index in [4.69, 9.17) is 5.11 Å². The Morgan fingerprint density at radius 3 is 2.53 bits per heavy atom. The summed E-state index contributed by atoms with van der Waals surface area (Å²) in [4.78, 5) is 10.6. The lowest BCUT2D eigenvalue weighted by Crippen LogP contribution is -2.10. The molecular weight excluding hydrogens is 376 g/mol. The fraction of sp³-hybridized carbons (Fsp3) is 0.423. The van der Waals surface area contributed by atoms with E-state index in [0.717, 1.165) is 61.1 Å². The van der Waals surface area contributed by atoms with Crippen molar-refractivity contribution in [2.75, 3.05) is 0 Å². The number of carboxylic acid groups (broad SMARTS) is 1. The van der Waals surface area contributed by atoms with E-state index in [0.29, 0.717) is 11.3 Å². The molecular formula is C26H30O4. The molecule has 0 aliphatic heterocycles. The number of unbranched alkanes of at least 4 members (excludes halogenated alkanes) is 4. The first kappa shape index (κ1) is 20.5. The molecule has 3 aromatic carbocycles. The van der Waals surface area contributed by atoms with Crippen molar-refractivity contribution in [1.82, 2.24) is 0 Å². The van der Waals surface area contributed by atoms with E-state index in [1.54, 1.807) is 6.07 Å². The highest BCUT2D eigenvalue weighted by atomic mass is 16.4. The van der Waals surface area contributed by atoms with E-state index in [1.807, 2.05) is 18.2 Å². The minimum Gasteiger partial charge on any atom is -0.507 e. The number of benzene rings is 3. The molecule has 4 rings (SSSR count). The number of rotatable bonds is 8. The Bertz CT molecular complexity index is 1070. The average molecular weight is 407 g/mol. The Labute approximate surface area is 177 Å². The van der Waals surface area contributed by atoms with E-state index < -0.39 is 5.97 Å². The molecule has 158 valence electrons. The monoisotopic (exact) mass is 406 g/mol. The van der Waals surface area contributed by atoms with Gasteiger partial charge in [-0.15, -0.1) is 0 Å². The van der Waals surface area contributed by atoms with Crippen molar-refractivity contribution in [1.29, 1.82) is 0 Å². The maximum absolute atomic E-state index is 10.6. The second kappa shape index (κ2) is 8.95. The molecule has 4 heteroatoms. The summed E-state index contributed by atoms with van der Waals surface area (Å²) in [5.41, 5.74) is 2.77. The Morgan fingerprint density at radius 1 is 0.900 bits per heavy atom. The van der Waals surface area contributed by atoms with Gasteiger partial charge in [0.05, 0.1) is 5.39 Å². The van der Waals surface area contributed by atoms with Crippen molar-refractivity contribution >= 4 is 27.5 Å². The van der Waals surface area contributed by atoms with Crippen molar-refractivity contribution in [2.45, 2.75) is 70.1 Å². The number of aryl methyl sites for hydroxylation is 1. The molecule has 4 nitrogen and oxygen atoms in total. The first-order chi connectivity index (χ1) is 14.6. The average Bonchev–Trinajstić information content (AvgIpc) is 2.73. The third-order valence-electron chi connectivity index (χ3n) is 6.63. The Balaban J connectivity index is 1.52. The maximum atomic E-state index is 10.6. The second-order valence-electron chi connectivity index (χ2n) is 8.61. The summed E-state index contributed by atoms with van der Waals surface area (Å²) < 4.78 is 0. The van der Waals surface area contributed by atoms with Gasteiger partial charge in [-0.2, -0.15) is 0 Å². The van der Waals surface area contributed by atoms with Crippen LogP contribution in [-0.4, -0.2) is 21.3 Å². The smallest absolute Gasteiger partial charge is 0.303 e. The number of fused-ring (bicyclic) bond motifs is 5. The van der Waals surface area contributed by atoms with Crippen LogP contribution >= 0.6 is 0 Å². The van der Waals surface area contributed by atoms with Crippen molar-refractivity contribution in [3.63, 3.8) is 0 Å². The van der Waals surface area contributed by atoms with Crippen LogP contribution in [-0.2, 0) is 11.2 Å². The summed E-state index contributed by atoms with van der Waals surface area (Å²) in [6, 6.07) is 11.7. The topological polar surface area (TPSA) is 77.8 Å². The van der Waals surface area contributed by atoms with Gasteiger partial charge < -0.3 is 15.3 Å². The highest BCUT2D eigenvalue weighted by Gasteiger charge is 2.23. The normalized spacial score (nSPS) is 16.1. The molecule has 1 atom stereocenters. The number of aromatic hydroxyl groups is 2. The number of hydrogen-bond donors (Lipinski definition) is 3. The lowest BCUT2D eigenvalue weighted by Gasteiger charge is -2.27. The molecule has 0 aromatic heterocycles. The molecule has 3 aromatic rings. The Hall–Kier alpha value is -2.75. The number of carbonyl (C=O) groups is 1. The second-order valence-corrected chi connectivity index (χ2v) is 8.61. The summed E-state index contributed by atoms with van der Waals surface area (Å²) in [6.07, 6.45) is 10.1. The minimum absolute atomic E-state index is 0.117. The van der Waals surface area contributed by atoms with E-state index >= 15 is 0 Å². The maximum Gasteiger partial charge on any atom is 0.303 e. The van der Waals surface area contributed by atoms with Gasteiger partial charge in [0.15, 0.2) is 0 Å². The zero-order chi connectivity index (χ0) is 21.1. The molecule has 0 spiro atoms. The molecule has 0 saturated carbocycles. The van der Waals surface area contributed by atoms with Gasteiger partial charge in [0.25, 0.3) is 0 Å². The first-order valence-corrected chi connectivity index (χ1v) is 11.2. The quantitative estimate of drug-likeness (QED) is 0.289. The minimum atomic E-state index is -0.699. The van der Waals surface area contributed by atoms with Crippen molar-refractivity contribution in [2.24, 2.45) is 0 Å². The first-order valence-electron chi connectivity index (χ1n) is 11.2. The Kier molecular flexibility index (Phi) is 6.12. The molecule has 0 amide bonds. The highest BCUT2D eigenvalue weighted by molar-refractivity contribution is 6.13. The zero-order valence-electron chi connectivity index (χ0n) is 17.4. The molecule has 0 bridgehead atoms. The van der Waals surface area contributed by atoms with Crippen LogP contribution in [0.2, 0.25) is 0 Å². The largest absolute Gasteiger partial charge is 0.507 e. The standard InChI is InChI=1S/C26H30O4/c27-23-12-7-11-21-20-15-14-18-17(8-4-2-1-3-5-13-25(29)30)9-6-10-19(18)22(20)16-24(28)26(21)23/h7,11-12,14-17,27-28H,1-6,8-10,13H2,(H,29,30). The van der Waals surface area contributed by atoms with Crippen LogP contribution in [0.5, 0.6) is 11.5 Å². The van der Waals surface area contributed by atoms with Gasteiger partial charge in [0, 0.05) is 6.42 Å². The summed E-state index contributed by atoms with van der Waals surface area (Å²) >= 11 is 0. The SMILES string of the molecule is O=C(O)CCCCCCCC1CCCc2c1ccc1c2cc(O)c2c(O)cccc21. The van der Waals surface area contributed by atoms with Crippen molar-refractivity contribution in [3.05, 3.63) is 47.5 Å². The van der Waals surface area contributed by atoms with Gasteiger partial charge in [0.2, 0.25) is 0 Å². The molecule has 1 unspecified atom stereocenters. The lowest BCUT2D eigenvalue weighted by molar-refractivity contribution is -0.137. The third-order valence-corrected chi connectivity index (χ3v) is 6.63. The molecule has 0 heterocycles. The van der Waals surface area contributed by atoms with Crippen LogP contribution in [0.25, 0.3) is 21.5 Å². The number of hydrogen-bond acceptors (Lipinski definition) is 3. The van der Waals surface area contributed by atoms with Gasteiger partial charge in [0.1, 0.15) is 11.5 Å². The zero-order valence-corrected chi connectivity index (χ0v) is 17.4. The third kappa shape index (κ3) is 4.09. The van der Waals surface area contributed by atoms with E-state index in [-0.39, 0.29) is 17.9 Å². The van der Waals surface area contributed by atoms with Crippen LogP contribution < -0.4 is 0 Å². The molecule has 0 radical (unpaired) electrons. The predicted octanol–water partition coefficient (Wildman–Crippen LogP) is 6.64. The summed E-state index contributed by atoms with van der Waals surface area (Å²) in [7, 11) is 0. The Morgan fingerprint density at radius 2 is 1.70 bits per heavy atom. The van der Waals surface area contributed by atoms with Gasteiger partial charge >= 0.3 is 5.97 Å². The van der Waals surface area contributed by atoms with Gasteiger partial charge in [-0.3, -0.25) is 4.79 Å². The molecule has 30 heavy (non-hydrogen) atoms. The number of aliphatic carboxylic acids is 1. The van der Waals surface area contributed by atoms with Crippen LogP contribution in [0.3, 0.4) is 0 Å². The van der Waals surface area contributed by atoms with Crippen LogP contribution in [0.4, 0.5) is 0 Å². The predicted molar refractivity (Wildman–Crippen MR) is 120 cm³/mol. The van der Waals surface area contributed by atoms with Crippen LogP contribution in [0.15, 0.2) is 36.4 Å². The summed E-state index contributed by atoms with van der Waals surface area (Å²) in [6.45, 7) is 0. The van der Waals surface area contributed by atoms with Crippen molar-refractivity contribution < 1.29 is 20.1 Å². The fourth-order valence-corrected chi connectivity index (χ4v) is 5.16. The van der Waals surface area contributed by atoms with Gasteiger partial charge in [-0.1, -0.05) is 49.9 Å². The number of carboxylic acids is 1. The number of phenols is 2. The summed E-state index contributed by atoms with van der Waals surface area (Å²) in [5.74, 6) is 0.118. The molecule has 1 aliphatic rings. The fourth-order valence-electron chi connectivity index (χ4n) is 5.16. The summed E-state index contributed by atoms with van der Waals surface area (Å²) in [5, 5.41) is 33.2. The van der Waals surface area contributed by atoms with Crippen LogP contribution in [0.1, 0.15) is 74.8 Å². The lowest BCUT2D eigenvalue weighted by atomic mass is 9.78. The van der Waals surface area contributed by atoms with E-state index in [2.05, 4.69) is 12.1 Å². The van der Waals surface area contributed by atoms with Gasteiger partial charge in [-0.05, 0) is 77.4 Å². The van der Waals surface area contributed by atoms with Gasteiger partial charge in [-0.25, -0.2) is 0 Å². The number of phenolic OH excluding ortho intramolecular Hbond substituents is 2. The molecule has 0 fully saturated rings. The molecule has 0 saturated heterocycles. The molecule has 1 aliphatic carbocycles. The highest BCUT2D eigenvalue weighted by Crippen LogP contribution is 2.44. The van der Waals surface area contributed by atoms with E-state index in [9.17, 15) is 15.0 Å². The van der Waals surface area contributed by atoms with Crippen molar-refractivity contribution in [3.8, 4) is 11.5 Å². The van der Waals surface area contributed by atoms with Crippen LogP contribution in [0, 0.1) is 0 Å².